The van der Waals surface area contributed by atoms with E-state index in [4.69, 9.17) is 10.8 Å². The van der Waals surface area contributed by atoms with Crippen LogP contribution >= 0.6 is 0 Å². The highest BCUT2D eigenvalue weighted by Crippen LogP contribution is 2.46. The second kappa shape index (κ2) is 4.05. The average Bonchev–Trinajstić information content (AvgIpc) is 3.02. The SMILES string of the molecule is NC1CCCCC1NC(=O)C1(C(=O)O)CC1. The lowest BCUT2D eigenvalue weighted by molar-refractivity contribution is -0.149. The van der Waals surface area contributed by atoms with Crippen molar-refractivity contribution < 1.29 is 14.7 Å². The van der Waals surface area contributed by atoms with Gasteiger partial charge < -0.3 is 16.2 Å². The van der Waals surface area contributed by atoms with Crippen molar-refractivity contribution in [3.05, 3.63) is 0 Å². The fraction of sp³-hybridized carbons (Fsp3) is 0.818. The van der Waals surface area contributed by atoms with Gasteiger partial charge in [-0.25, -0.2) is 0 Å². The molecule has 16 heavy (non-hydrogen) atoms. The number of rotatable bonds is 3. The third kappa shape index (κ3) is 1.91. The lowest BCUT2D eigenvalue weighted by Crippen LogP contribution is -2.52. The number of carboxylic acid groups (broad SMARTS) is 1. The topological polar surface area (TPSA) is 92.4 Å². The van der Waals surface area contributed by atoms with Crippen molar-refractivity contribution in [2.45, 2.75) is 50.6 Å². The summed E-state index contributed by atoms with van der Waals surface area (Å²) in [7, 11) is 0. The monoisotopic (exact) mass is 226 g/mol. The van der Waals surface area contributed by atoms with E-state index in [-0.39, 0.29) is 18.0 Å². The van der Waals surface area contributed by atoms with E-state index in [1.807, 2.05) is 0 Å². The maximum atomic E-state index is 11.8. The molecule has 0 spiro atoms. The molecule has 1 amide bonds. The molecule has 2 aliphatic carbocycles. The quantitative estimate of drug-likeness (QED) is 0.601. The largest absolute Gasteiger partial charge is 0.480 e. The maximum absolute atomic E-state index is 11.8. The molecule has 2 fully saturated rings. The highest BCUT2D eigenvalue weighted by Gasteiger charge is 2.57. The minimum atomic E-state index is -1.14. The zero-order valence-electron chi connectivity index (χ0n) is 9.24. The van der Waals surface area contributed by atoms with Crippen molar-refractivity contribution in [3.63, 3.8) is 0 Å². The van der Waals surface area contributed by atoms with Crippen molar-refractivity contribution >= 4 is 11.9 Å². The first-order valence-corrected chi connectivity index (χ1v) is 5.86. The van der Waals surface area contributed by atoms with E-state index >= 15 is 0 Å². The minimum absolute atomic E-state index is 0.0257. The summed E-state index contributed by atoms with van der Waals surface area (Å²) in [5, 5.41) is 11.8. The number of carboxylic acids is 1. The van der Waals surface area contributed by atoms with E-state index in [2.05, 4.69) is 5.32 Å². The molecule has 0 saturated heterocycles. The predicted molar refractivity (Wildman–Crippen MR) is 57.7 cm³/mol. The number of carbonyl (C=O) groups is 2. The van der Waals surface area contributed by atoms with Gasteiger partial charge in [-0.05, 0) is 25.7 Å². The molecule has 2 saturated carbocycles. The normalized spacial score (nSPS) is 31.8. The molecular weight excluding hydrogens is 208 g/mol. The Morgan fingerprint density at radius 2 is 1.88 bits per heavy atom. The molecule has 0 heterocycles. The van der Waals surface area contributed by atoms with Crippen molar-refractivity contribution in [1.29, 1.82) is 0 Å². The fourth-order valence-corrected chi connectivity index (χ4v) is 2.31. The standard InChI is InChI=1S/C11H18N2O3/c12-7-3-1-2-4-8(7)13-9(14)11(5-6-11)10(15)16/h7-8H,1-6,12H2,(H,13,14)(H,15,16). The van der Waals surface area contributed by atoms with Crippen LogP contribution in [0.5, 0.6) is 0 Å². The molecule has 0 aromatic heterocycles. The van der Waals surface area contributed by atoms with Gasteiger partial charge in [0.05, 0.1) is 0 Å². The van der Waals surface area contributed by atoms with Crippen LogP contribution in [-0.2, 0) is 9.59 Å². The molecule has 0 bridgehead atoms. The summed E-state index contributed by atoms with van der Waals surface area (Å²) in [5.74, 6) is -1.35. The van der Waals surface area contributed by atoms with E-state index in [9.17, 15) is 9.59 Å². The van der Waals surface area contributed by atoms with Gasteiger partial charge in [0.25, 0.3) is 0 Å². The molecular formula is C11H18N2O3. The van der Waals surface area contributed by atoms with E-state index < -0.39 is 11.4 Å². The molecule has 2 rings (SSSR count). The smallest absolute Gasteiger partial charge is 0.319 e. The number of nitrogens with two attached hydrogens (primary N) is 1. The summed E-state index contributed by atoms with van der Waals surface area (Å²) in [6, 6.07) is -0.0691. The van der Waals surface area contributed by atoms with Gasteiger partial charge in [-0.2, -0.15) is 0 Å². The summed E-state index contributed by atoms with van der Waals surface area (Å²) < 4.78 is 0. The van der Waals surface area contributed by atoms with Crippen molar-refractivity contribution in [2.75, 3.05) is 0 Å². The highest BCUT2D eigenvalue weighted by molar-refractivity contribution is 6.04. The molecule has 4 N–H and O–H groups in total. The van der Waals surface area contributed by atoms with Crippen molar-refractivity contribution in [1.82, 2.24) is 5.32 Å². The Hall–Kier alpha value is -1.10. The van der Waals surface area contributed by atoms with Gasteiger partial charge in [0.15, 0.2) is 0 Å². The summed E-state index contributed by atoms with van der Waals surface area (Å²) in [4.78, 5) is 22.8. The van der Waals surface area contributed by atoms with Crippen LogP contribution in [0.4, 0.5) is 0 Å². The zero-order chi connectivity index (χ0) is 11.8. The second-order valence-corrected chi connectivity index (χ2v) is 4.92. The Morgan fingerprint density at radius 3 is 2.38 bits per heavy atom. The van der Waals surface area contributed by atoms with Gasteiger partial charge in [0, 0.05) is 12.1 Å². The first-order chi connectivity index (χ1) is 7.56. The van der Waals surface area contributed by atoms with E-state index in [1.54, 1.807) is 0 Å². The van der Waals surface area contributed by atoms with Crippen LogP contribution in [0.1, 0.15) is 38.5 Å². The van der Waals surface area contributed by atoms with E-state index in [0.29, 0.717) is 12.8 Å². The fourth-order valence-electron chi connectivity index (χ4n) is 2.31. The Kier molecular flexibility index (Phi) is 2.88. The van der Waals surface area contributed by atoms with Gasteiger partial charge in [-0.3, -0.25) is 9.59 Å². The first kappa shape index (κ1) is 11.4. The second-order valence-electron chi connectivity index (χ2n) is 4.92. The van der Waals surface area contributed by atoms with Gasteiger partial charge in [0.1, 0.15) is 5.41 Å². The Bertz CT molecular complexity index is 312. The van der Waals surface area contributed by atoms with Crippen LogP contribution < -0.4 is 11.1 Å². The zero-order valence-corrected chi connectivity index (χ0v) is 9.24. The van der Waals surface area contributed by atoms with Crippen LogP contribution in [0.3, 0.4) is 0 Å². The molecule has 5 nitrogen and oxygen atoms in total. The molecule has 0 aromatic carbocycles. The number of aliphatic carboxylic acids is 1. The maximum Gasteiger partial charge on any atom is 0.319 e. The molecule has 2 aliphatic rings. The van der Waals surface area contributed by atoms with Crippen LogP contribution in [0, 0.1) is 5.41 Å². The average molecular weight is 226 g/mol. The van der Waals surface area contributed by atoms with Crippen LogP contribution in [0.25, 0.3) is 0 Å². The summed E-state index contributed by atoms with van der Waals surface area (Å²) in [6.45, 7) is 0. The van der Waals surface area contributed by atoms with Gasteiger partial charge in [-0.15, -0.1) is 0 Å². The summed E-state index contributed by atoms with van der Waals surface area (Å²) >= 11 is 0. The van der Waals surface area contributed by atoms with Gasteiger partial charge in [0.2, 0.25) is 5.91 Å². The first-order valence-electron chi connectivity index (χ1n) is 5.86. The molecule has 2 atom stereocenters. The number of hydrogen-bond acceptors (Lipinski definition) is 3. The van der Waals surface area contributed by atoms with Crippen molar-refractivity contribution in [2.24, 2.45) is 11.1 Å². The highest BCUT2D eigenvalue weighted by atomic mass is 16.4. The third-order valence-electron chi connectivity index (χ3n) is 3.73. The van der Waals surface area contributed by atoms with Crippen LogP contribution in [-0.4, -0.2) is 29.1 Å². The van der Waals surface area contributed by atoms with Gasteiger partial charge in [-0.1, -0.05) is 12.8 Å². The predicted octanol–water partition coefficient (Wildman–Crippen LogP) is 0.237. The molecule has 2 unspecified atom stereocenters. The van der Waals surface area contributed by atoms with Crippen LogP contribution in [0.2, 0.25) is 0 Å². The Labute approximate surface area is 94.4 Å². The Balaban J connectivity index is 1.94. The van der Waals surface area contributed by atoms with Gasteiger partial charge >= 0.3 is 5.97 Å². The lowest BCUT2D eigenvalue weighted by Gasteiger charge is -2.30. The summed E-state index contributed by atoms with van der Waals surface area (Å²) in [5.41, 5.74) is 4.76. The number of amides is 1. The summed E-state index contributed by atoms with van der Waals surface area (Å²) in [6.07, 6.45) is 4.83. The van der Waals surface area contributed by atoms with Crippen molar-refractivity contribution in [3.8, 4) is 0 Å². The third-order valence-corrected chi connectivity index (χ3v) is 3.73. The van der Waals surface area contributed by atoms with E-state index in [0.717, 1.165) is 25.7 Å². The van der Waals surface area contributed by atoms with Crippen LogP contribution in [0.15, 0.2) is 0 Å². The molecule has 0 aromatic rings. The molecule has 5 heteroatoms. The number of hydrogen-bond donors (Lipinski definition) is 3. The number of carbonyl (C=O) groups excluding carboxylic acids is 1. The Morgan fingerprint density at radius 1 is 1.25 bits per heavy atom. The lowest BCUT2D eigenvalue weighted by atomic mass is 9.90. The van der Waals surface area contributed by atoms with E-state index in [1.165, 1.54) is 0 Å². The molecule has 0 aliphatic heterocycles. The minimum Gasteiger partial charge on any atom is -0.480 e. The molecule has 90 valence electrons. The number of nitrogens with one attached hydrogen (secondary N) is 1. The molecule has 0 radical (unpaired) electrons.